The molecule has 0 atom stereocenters. The summed E-state index contributed by atoms with van der Waals surface area (Å²) in [6.45, 7) is 0.788. The molecular formula is C9H13ClN4O2S. The Kier molecular flexibility index (Phi) is 6.03. The molecule has 0 aliphatic rings. The average Bonchev–Trinajstić information content (AvgIpc) is 2.27. The Hall–Kier alpha value is -1.05. The van der Waals surface area contributed by atoms with Crippen LogP contribution >= 0.6 is 23.4 Å². The van der Waals surface area contributed by atoms with E-state index < -0.39 is 5.91 Å². The van der Waals surface area contributed by atoms with Crippen LogP contribution in [0.3, 0.4) is 0 Å². The summed E-state index contributed by atoms with van der Waals surface area (Å²) >= 11 is 7.22. The number of amides is 1. The van der Waals surface area contributed by atoms with Gasteiger partial charge in [0.1, 0.15) is 17.6 Å². The topological polar surface area (TPSA) is 90.1 Å². The molecule has 1 heterocycles. The van der Waals surface area contributed by atoms with E-state index in [4.69, 9.17) is 22.1 Å². The molecule has 94 valence electrons. The number of carbonyl (C=O) groups excluding carboxylic acids is 1. The Labute approximate surface area is 108 Å². The molecular weight excluding hydrogens is 264 g/mol. The van der Waals surface area contributed by atoms with Crippen molar-refractivity contribution in [2.75, 3.05) is 31.3 Å². The third-order valence-electron chi connectivity index (χ3n) is 1.65. The number of primary amides is 1. The maximum atomic E-state index is 10.4. The van der Waals surface area contributed by atoms with Crippen LogP contribution in [-0.2, 0) is 9.53 Å². The second kappa shape index (κ2) is 7.31. The van der Waals surface area contributed by atoms with Gasteiger partial charge in [0.2, 0.25) is 5.91 Å². The summed E-state index contributed by atoms with van der Waals surface area (Å²) < 4.78 is 4.98. The molecule has 0 bridgehead atoms. The van der Waals surface area contributed by atoms with Crippen LogP contribution < -0.4 is 11.1 Å². The Morgan fingerprint density at radius 3 is 3.06 bits per heavy atom. The fourth-order valence-electron chi connectivity index (χ4n) is 1.00. The number of halogens is 1. The molecule has 0 aliphatic heterocycles. The van der Waals surface area contributed by atoms with Gasteiger partial charge in [0.25, 0.3) is 0 Å². The zero-order valence-corrected chi connectivity index (χ0v) is 10.8. The second-order valence-corrected chi connectivity index (χ2v) is 4.17. The lowest BCUT2D eigenvalue weighted by molar-refractivity contribution is -0.122. The second-order valence-electron chi connectivity index (χ2n) is 3.01. The molecule has 1 rings (SSSR count). The van der Waals surface area contributed by atoms with Gasteiger partial charge >= 0.3 is 0 Å². The molecule has 6 nitrogen and oxygen atoms in total. The average molecular weight is 277 g/mol. The van der Waals surface area contributed by atoms with Gasteiger partial charge in [0.05, 0.1) is 6.61 Å². The van der Waals surface area contributed by atoms with Gasteiger partial charge in [-0.25, -0.2) is 9.97 Å². The van der Waals surface area contributed by atoms with Gasteiger partial charge in [0.15, 0.2) is 5.16 Å². The molecule has 1 aromatic heterocycles. The van der Waals surface area contributed by atoms with Crippen molar-refractivity contribution < 1.29 is 9.53 Å². The van der Waals surface area contributed by atoms with Crippen molar-refractivity contribution in [3.63, 3.8) is 0 Å². The summed E-state index contributed by atoms with van der Waals surface area (Å²) in [5.41, 5.74) is 4.92. The van der Waals surface area contributed by atoms with Crippen molar-refractivity contribution in [1.29, 1.82) is 0 Å². The molecule has 0 fully saturated rings. The van der Waals surface area contributed by atoms with Crippen LogP contribution in [0.15, 0.2) is 11.2 Å². The molecule has 0 radical (unpaired) electrons. The predicted molar refractivity (Wildman–Crippen MR) is 67.3 cm³/mol. The van der Waals surface area contributed by atoms with Crippen molar-refractivity contribution in [1.82, 2.24) is 9.97 Å². The Bertz CT molecular complexity index is 391. The molecule has 1 amide bonds. The van der Waals surface area contributed by atoms with Crippen molar-refractivity contribution >= 4 is 35.1 Å². The van der Waals surface area contributed by atoms with Gasteiger partial charge in [-0.05, 0) is 6.26 Å². The molecule has 0 unspecified atom stereocenters. The Balaban J connectivity index is 2.36. The monoisotopic (exact) mass is 276 g/mol. The summed E-state index contributed by atoms with van der Waals surface area (Å²) in [5.74, 6) is 0.136. The van der Waals surface area contributed by atoms with Crippen molar-refractivity contribution in [3.05, 3.63) is 11.2 Å². The van der Waals surface area contributed by atoms with Crippen LogP contribution in [0.5, 0.6) is 0 Å². The van der Waals surface area contributed by atoms with Crippen LogP contribution in [0.25, 0.3) is 0 Å². The van der Waals surface area contributed by atoms with E-state index in [0.717, 1.165) is 0 Å². The highest BCUT2D eigenvalue weighted by Gasteiger charge is 2.01. The number of nitrogens with zero attached hydrogens (tertiary/aromatic N) is 2. The number of nitrogens with two attached hydrogens (primary N) is 1. The fourth-order valence-corrected chi connectivity index (χ4v) is 1.62. The van der Waals surface area contributed by atoms with E-state index in [1.165, 1.54) is 11.8 Å². The standard InChI is InChI=1S/C9H13ClN4O2S/c1-17-9-13-6(10)4-8(14-9)12-2-3-16-5-7(11)15/h4H,2-3,5H2,1H3,(H2,11,15)(H,12,13,14). The maximum Gasteiger partial charge on any atom is 0.243 e. The highest BCUT2D eigenvalue weighted by atomic mass is 35.5. The number of hydrogen-bond donors (Lipinski definition) is 2. The van der Waals surface area contributed by atoms with Crippen LogP contribution in [0, 0.1) is 0 Å². The first-order valence-corrected chi connectivity index (χ1v) is 6.40. The van der Waals surface area contributed by atoms with Crippen molar-refractivity contribution in [3.8, 4) is 0 Å². The fraction of sp³-hybridized carbons (Fsp3) is 0.444. The Morgan fingerprint density at radius 2 is 2.41 bits per heavy atom. The largest absolute Gasteiger partial charge is 0.370 e. The van der Waals surface area contributed by atoms with Gasteiger partial charge in [-0.2, -0.15) is 0 Å². The molecule has 0 saturated heterocycles. The molecule has 0 spiro atoms. The van der Waals surface area contributed by atoms with Crippen LogP contribution in [0.4, 0.5) is 5.82 Å². The van der Waals surface area contributed by atoms with E-state index in [1.54, 1.807) is 6.07 Å². The lowest BCUT2D eigenvalue weighted by Crippen LogP contribution is -2.20. The van der Waals surface area contributed by atoms with E-state index in [9.17, 15) is 4.79 Å². The first-order valence-electron chi connectivity index (χ1n) is 4.80. The number of aromatic nitrogens is 2. The molecule has 0 aliphatic carbocycles. The summed E-state index contributed by atoms with van der Waals surface area (Å²) in [6.07, 6.45) is 1.87. The van der Waals surface area contributed by atoms with Gasteiger partial charge in [-0.15, -0.1) is 0 Å². The minimum atomic E-state index is -0.486. The third kappa shape index (κ3) is 5.71. The minimum absolute atomic E-state index is 0.0811. The SMILES string of the molecule is CSc1nc(Cl)cc(NCCOCC(N)=O)n1. The van der Waals surface area contributed by atoms with Gasteiger partial charge in [-0.1, -0.05) is 23.4 Å². The highest BCUT2D eigenvalue weighted by molar-refractivity contribution is 7.98. The van der Waals surface area contributed by atoms with Gasteiger partial charge in [-0.3, -0.25) is 4.79 Å². The van der Waals surface area contributed by atoms with E-state index in [-0.39, 0.29) is 6.61 Å². The molecule has 17 heavy (non-hydrogen) atoms. The quantitative estimate of drug-likeness (QED) is 0.331. The molecule has 0 saturated carbocycles. The number of hydrogen-bond acceptors (Lipinski definition) is 6. The van der Waals surface area contributed by atoms with Crippen molar-refractivity contribution in [2.45, 2.75) is 5.16 Å². The van der Waals surface area contributed by atoms with E-state index >= 15 is 0 Å². The number of thioether (sulfide) groups is 1. The maximum absolute atomic E-state index is 10.4. The summed E-state index contributed by atoms with van der Waals surface area (Å²) in [6, 6.07) is 1.62. The number of carbonyl (C=O) groups is 1. The molecule has 0 aromatic carbocycles. The number of anilines is 1. The lowest BCUT2D eigenvalue weighted by atomic mass is 10.5. The zero-order chi connectivity index (χ0) is 12.7. The number of ether oxygens (including phenoxy) is 1. The van der Waals surface area contributed by atoms with Crippen LogP contribution in [-0.4, -0.2) is 41.9 Å². The summed E-state index contributed by atoms with van der Waals surface area (Å²) in [4.78, 5) is 18.6. The lowest BCUT2D eigenvalue weighted by Gasteiger charge is -2.06. The minimum Gasteiger partial charge on any atom is -0.370 e. The van der Waals surface area contributed by atoms with Crippen molar-refractivity contribution in [2.24, 2.45) is 5.73 Å². The highest BCUT2D eigenvalue weighted by Crippen LogP contribution is 2.16. The zero-order valence-electron chi connectivity index (χ0n) is 9.27. The van der Waals surface area contributed by atoms with E-state index in [1.807, 2.05) is 6.26 Å². The number of nitrogens with one attached hydrogen (secondary N) is 1. The molecule has 8 heteroatoms. The van der Waals surface area contributed by atoms with E-state index in [2.05, 4.69) is 15.3 Å². The smallest absolute Gasteiger partial charge is 0.243 e. The summed E-state index contributed by atoms with van der Waals surface area (Å²) in [7, 11) is 0. The van der Waals surface area contributed by atoms with Crippen LogP contribution in [0.1, 0.15) is 0 Å². The molecule has 3 N–H and O–H groups in total. The first kappa shape index (κ1) is 14.0. The van der Waals surface area contributed by atoms with Crippen LogP contribution in [0.2, 0.25) is 5.15 Å². The molecule has 1 aromatic rings. The third-order valence-corrected chi connectivity index (χ3v) is 2.40. The summed E-state index contributed by atoms with van der Waals surface area (Å²) in [5, 5.41) is 3.98. The first-order chi connectivity index (χ1) is 8.11. The van der Waals surface area contributed by atoms with Gasteiger partial charge in [0, 0.05) is 12.6 Å². The van der Waals surface area contributed by atoms with E-state index in [0.29, 0.717) is 29.3 Å². The Morgan fingerprint density at radius 1 is 1.65 bits per heavy atom. The predicted octanol–water partition coefficient (Wildman–Crippen LogP) is 0.766. The number of rotatable bonds is 7. The van der Waals surface area contributed by atoms with Gasteiger partial charge < -0.3 is 15.8 Å². The normalized spacial score (nSPS) is 10.2.